The Morgan fingerprint density at radius 1 is 0.806 bits per heavy atom. The molecule has 0 saturated heterocycles. The van der Waals surface area contributed by atoms with Crippen molar-refractivity contribution in [3.8, 4) is 22.4 Å². The first-order valence-electron chi connectivity index (χ1n) is 11.5. The number of fused-ring (bicyclic) bond motifs is 4. The van der Waals surface area contributed by atoms with Crippen LogP contribution in [0.3, 0.4) is 0 Å². The van der Waals surface area contributed by atoms with Gasteiger partial charge in [-0.3, -0.25) is 4.98 Å². The minimum Gasteiger partial charge on any atom is -0.256 e. The molecule has 0 aliphatic heterocycles. The fourth-order valence-electron chi connectivity index (χ4n) is 4.88. The second-order valence-electron chi connectivity index (χ2n) is 10.3. The van der Waals surface area contributed by atoms with E-state index in [9.17, 15) is 0 Å². The number of pyridine rings is 1. The Morgan fingerprint density at radius 2 is 1.58 bits per heavy atom. The van der Waals surface area contributed by atoms with Gasteiger partial charge < -0.3 is 0 Å². The van der Waals surface area contributed by atoms with Crippen molar-refractivity contribution in [3.05, 3.63) is 89.1 Å². The molecule has 31 heavy (non-hydrogen) atoms. The molecule has 1 nitrogen and oxygen atoms in total. The summed E-state index contributed by atoms with van der Waals surface area (Å²) in [5, 5.41) is 2.62. The van der Waals surface area contributed by atoms with Gasteiger partial charge in [-0.1, -0.05) is 77.1 Å². The molecule has 1 aromatic heterocycles. The van der Waals surface area contributed by atoms with Gasteiger partial charge >= 0.3 is 0 Å². The Bertz CT molecular complexity index is 1290. The van der Waals surface area contributed by atoms with Crippen LogP contribution in [0.15, 0.2) is 66.9 Å². The standard InChI is InChI=1S/C30H31N/c1-19(2)20-12-13-25-22(14-20)10-11-23-18-31-29(17-27(23)25)24-15-21-8-6-7-9-26(21)28(16-24)30(3,4)5/h6-9,12-19H,10-11H2,1-5H3. The monoisotopic (exact) mass is 405 g/mol. The number of aromatic nitrogens is 1. The number of aryl methyl sites for hydroxylation is 2. The normalized spacial score (nSPS) is 13.4. The Hall–Kier alpha value is -2.93. The van der Waals surface area contributed by atoms with Crippen molar-refractivity contribution < 1.29 is 0 Å². The molecule has 0 radical (unpaired) electrons. The summed E-state index contributed by atoms with van der Waals surface area (Å²) in [6.07, 6.45) is 4.28. The zero-order valence-electron chi connectivity index (χ0n) is 19.3. The number of hydrogen-bond acceptors (Lipinski definition) is 1. The van der Waals surface area contributed by atoms with Crippen LogP contribution in [-0.2, 0) is 18.3 Å². The molecule has 0 atom stereocenters. The highest BCUT2D eigenvalue weighted by molar-refractivity contribution is 5.91. The van der Waals surface area contributed by atoms with Crippen LogP contribution in [0.1, 0.15) is 62.8 Å². The van der Waals surface area contributed by atoms with Crippen molar-refractivity contribution in [3.63, 3.8) is 0 Å². The van der Waals surface area contributed by atoms with Crippen LogP contribution in [0.25, 0.3) is 33.2 Å². The van der Waals surface area contributed by atoms with Crippen LogP contribution in [-0.4, -0.2) is 4.98 Å². The number of benzene rings is 3. The van der Waals surface area contributed by atoms with Gasteiger partial charge in [0.25, 0.3) is 0 Å². The molecular weight excluding hydrogens is 374 g/mol. The van der Waals surface area contributed by atoms with E-state index in [0.717, 1.165) is 18.5 Å². The maximum atomic E-state index is 4.91. The highest BCUT2D eigenvalue weighted by atomic mass is 14.7. The molecular formula is C30H31N. The van der Waals surface area contributed by atoms with E-state index in [4.69, 9.17) is 4.98 Å². The van der Waals surface area contributed by atoms with Gasteiger partial charge in [0, 0.05) is 11.8 Å². The number of hydrogen-bond donors (Lipinski definition) is 0. The predicted octanol–water partition coefficient (Wildman–Crippen LogP) is 8.09. The van der Waals surface area contributed by atoms with Gasteiger partial charge in [0.05, 0.1) is 5.69 Å². The van der Waals surface area contributed by atoms with E-state index in [1.807, 2.05) is 0 Å². The average molecular weight is 406 g/mol. The maximum Gasteiger partial charge on any atom is 0.0708 e. The third-order valence-electron chi connectivity index (χ3n) is 6.70. The zero-order chi connectivity index (χ0) is 21.8. The summed E-state index contributed by atoms with van der Waals surface area (Å²) in [7, 11) is 0. The van der Waals surface area contributed by atoms with Crippen molar-refractivity contribution in [1.82, 2.24) is 4.98 Å². The lowest BCUT2D eigenvalue weighted by Gasteiger charge is -2.24. The molecule has 0 fully saturated rings. The first-order valence-corrected chi connectivity index (χ1v) is 11.5. The molecule has 1 aliphatic carbocycles. The Balaban J connectivity index is 1.67. The summed E-state index contributed by atoms with van der Waals surface area (Å²) in [6.45, 7) is 11.4. The van der Waals surface area contributed by atoms with Crippen molar-refractivity contribution in [2.24, 2.45) is 0 Å². The highest BCUT2D eigenvalue weighted by Gasteiger charge is 2.21. The van der Waals surface area contributed by atoms with Gasteiger partial charge in [-0.25, -0.2) is 0 Å². The van der Waals surface area contributed by atoms with Crippen LogP contribution in [0.2, 0.25) is 0 Å². The second-order valence-corrected chi connectivity index (χ2v) is 10.3. The van der Waals surface area contributed by atoms with E-state index in [0.29, 0.717) is 5.92 Å². The fraction of sp³-hybridized carbons (Fsp3) is 0.300. The van der Waals surface area contributed by atoms with E-state index in [2.05, 4.69) is 101 Å². The van der Waals surface area contributed by atoms with Crippen molar-refractivity contribution in [1.29, 1.82) is 0 Å². The van der Waals surface area contributed by atoms with Gasteiger partial charge in [0.2, 0.25) is 0 Å². The van der Waals surface area contributed by atoms with E-state index < -0.39 is 0 Å². The predicted molar refractivity (Wildman–Crippen MR) is 133 cm³/mol. The molecule has 0 spiro atoms. The maximum absolute atomic E-state index is 4.91. The van der Waals surface area contributed by atoms with Gasteiger partial charge in [0.1, 0.15) is 0 Å². The van der Waals surface area contributed by atoms with E-state index in [1.54, 1.807) is 0 Å². The molecule has 156 valence electrons. The second kappa shape index (κ2) is 7.34. The van der Waals surface area contributed by atoms with E-state index in [-0.39, 0.29) is 5.41 Å². The fourth-order valence-corrected chi connectivity index (χ4v) is 4.88. The molecule has 0 amide bonds. The molecule has 0 N–H and O–H groups in total. The number of rotatable bonds is 2. The quantitative estimate of drug-likeness (QED) is 0.328. The smallest absolute Gasteiger partial charge is 0.0708 e. The Morgan fingerprint density at radius 3 is 2.35 bits per heavy atom. The summed E-state index contributed by atoms with van der Waals surface area (Å²) in [4.78, 5) is 4.91. The van der Waals surface area contributed by atoms with Gasteiger partial charge in [0.15, 0.2) is 0 Å². The highest BCUT2D eigenvalue weighted by Crippen LogP contribution is 2.39. The number of nitrogens with zero attached hydrogens (tertiary/aromatic N) is 1. The summed E-state index contributed by atoms with van der Waals surface area (Å²) in [5.74, 6) is 0.563. The third kappa shape index (κ3) is 3.57. The summed E-state index contributed by atoms with van der Waals surface area (Å²) in [6, 6.07) is 22.7. The lowest BCUT2D eigenvalue weighted by Crippen LogP contribution is -2.12. The average Bonchev–Trinajstić information content (AvgIpc) is 2.76. The summed E-state index contributed by atoms with van der Waals surface area (Å²) in [5.41, 5.74) is 10.7. The first-order chi connectivity index (χ1) is 14.8. The molecule has 0 unspecified atom stereocenters. The molecule has 5 rings (SSSR count). The SMILES string of the molecule is CC(C)c1ccc2c(c1)CCc1cnc(-c3cc(C(C)(C)C)c4ccccc4c3)cc1-2. The third-order valence-corrected chi connectivity index (χ3v) is 6.70. The topological polar surface area (TPSA) is 12.9 Å². The lowest BCUT2D eigenvalue weighted by molar-refractivity contribution is 0.596. The van der Waals surface area contributed by atoms with Crippen molar-refractivity contribution in [2.45, 2.75) is 58.8 Å². The van der Waals surface area contributed by atoms with Gasteiger partial charge in [-0.05, 0) is 86.5 Å². The summed E-state index contributed by atoms with van der Waals surface area (Å²) >= 11 is 0. The minimum absolute atomic E-state index is 0.0731. The Kier molecular flexibility index (Phi) is 4.73. The Labute approximate surface area is 186 Å². The van der Waals surface area contributed by atoms with Gasteiger partial charge in [-0.2, -0.15) is 0 Å². The molecule has 0 bridgehead atoms. The van der Waals surface area contributed by atoms with Crippen LogP contribution < -0.4 is 0 Å². The van der Waals surface area contributed by atoms with Crippen molar-refractivity contribution in [2.75, 3.05) is 0 Å². The molecule has 3 aromatic carbocycles. The van der Waals surface area contributed by atoms with Crippen LogP contribution >= 0.6 is 0 Å². The van der Waals surface area contributed by atoms with E-state index in [1.165, 1.54) is 49.7 Å². The van der Waals surface area contributed by atoms with E-state index >= 15 is 0 Å². The minimum atomic E-state index is 0.0731. The largest absolute Gasteiger partial charge is 0.256 e. The van der Waals surface area contributed by atoms with Crippen LogP contribution in [0, 0.1) is 0 Å². The van der Waals surface area contributed by atoms with Crippen LogP contribution in [0.5, 0.6) is 0 Å². The molecule has 1 heteroatoms. The first kappa shape index (κ1) is 20.0. The zero-order valence-corrected chi connectivity index (χ0v) is 19.3. The molecule has 1 aliphatic rings. The van der Waals surface area contributed by atoms with Gasteiger partial charge in [-0.15, -0.1) is 0 Å². The van der Waals surface area contributed by atoms with Crippen LogP contribution in [0.4, 0.5) is 0 Å². The summed E-state index contributed by atoms with van der Waals surface area (Å²) < 4.78 is 0. The molecule has 0 saturated carbocycles. The lowest BCUT2D eigenvalue weighted by atomic mass is 9.81. The molecule has 4 aromatic rings. The van der Waals surface area contributed by atoms with Crippen molar-refractivity contribution >= 4 is 10.8 Å². The molecule has 1 heterocycles.